The molecule has 0 atom stereocenters. The molecule has 1 amide bonds. The number of benzene rings is 2. The number of hydrogen-bond acceptors (Lipinski definition) is 4. The van der Waals surface area contributed by atoms with Gasteiger partial charge in [-0.3, -0.25) is 4.79 Å². The quantitative estimate of drug-likeness (QED) is 0.849. The lowest BCUT2D eigenvalue weighted by Crippen LogP contribution is -2.13. The van der Waals surface area contributed by atoms with E-state index in [1.54, 1.807) is 24.3 Å². The number of amides is 1. The van der Waals surface area contributed by atoms with Crippen LogP contribution in [-0.4, -0.2) is 20.6 Å². The summed E-state index contributed by atoms with van der Waals surface area (Å²) in [5, 5.41) is 3.20. The van der Waals surface area contributed by atoms with Crippen LogP contribution in [0.5, 0.6) is 0 Å². The zero-order chi connectivity index (χ0) is 15.6. The molecule has 2 aromatic rings. The molecule has 0 bridgehead atoms. The Balaban J connectivity index is 2.31. The van der Waals surface area contributed by atoms with Crippen LogP contribution in [0.4, 0.5) is 11.4 Å². The van der Waals surface area contributed by atoms with Gasteiger partial charge < -0.3 is 11.1 Å². The summed E-state index contributed by atoms with van der Waals surface area (Å²) in [7, 11) is -3.44. The Hall–Kier alpha value is -2.05. The first-order valence-corrected chi connectivity index (χ1v) is 8.20. The van der Waals surface area contributed by atoms with Crippen molar-refractivity contribution in [3.8, 4) is 0 Å². The van der Waals surface area contributed by atoms with Crippen molar-refractivity contribution >= 4 is 38.7 Å². The zero-order valence-corrected chi connectivity index (χ0v) is 12.7. The second-order valence-corrected chi connectivity index (χ2v) is 6.98. The molecule has 0 aliphatic heterocycles. The van der Waals surface area contributed by atoms with Gasteiger partial charge in [0.2, 0.25) is 0 Å². The molecule has 0 aliphatic rings. The van der Waals surface area contributed by atoms with Crippen molar-refractivity contribution in [3.63, 3.8) is 0 Å². The van der Waals surface area contributed by atoms with Gasteiger partial charge in [0.25, 0.3) is 5.91 Å². The monoisotopic (exact) mass is 324 g/mol. The van der Waals surface area contributed by atoms with E-state index in [0.29, 0.717) is 10.7 Å². The molecule has 0 radical (unpaired) electrons. The molecule has 0 saturated carbocycles. The predicted molar refractivity (Wildman–Crippen MR) is 83.4 cm³/mol. The van der Waals surface area contributed by atoms with Crippen LogP contribution in [0.15, 0.2) is 47.4 Å². The average molecular weight is 325 g/mol. The molecule has 21 heavy (non-hydrogen) atoms. The highest BCUT2D eigenvalue weighted by molar-refractivity contribution is 7.90. The van der Waals surface area contributed by atoms with E-state index in [1.807, 2.05) is 0 Å². The summed E-state index contributed by atoms with van der Waals surface area (Å²) >= 11 is 5.76. The number of carbonyl (C=O) groups is 1. The molecule has 2 rings (SSSR count). The maximum Gasteiger partial charge on any atom is 0.255 e. The second kappa shape index (κ2) is 5.75. The number of anilines is 2. The largest absolute Gasteiger partial charge is 0.399 e. The van der Waals surface area contributed by atoms with Crippen molar-refractivity contribution in [1.82, 2.24) is 0 Å². The molecule has 2 aromatic carbocycles. The Morgan fingerprint density at radius 3 is 2.33 bits per heavy atom. The van der Waals surface area contributed by atoms with Crippen LogP contribution in [0.2, 0.25) is 5.02 Å². The van der Waals surface area contributed by atoms with E-state index in [2.05, 4.69) is 5.32 Å². The van der Waals surface area contributed by atoms with Crippen molar-refractivity contribution < 1.29 is 13.2 Å². The number of nitrogens with one attached hydrogen (secondary N) is 1. The molecule has 5 nitrogen and oxygen atoms in total. The van der Waals surface area contributed by atoms with Gasteiger partial charge in [0, 0.05) is 28.2 Å². The average Bonchev–Trinajstić information content (AvgIpc) is 2.39. The summed E-state index contributed by atoms with van der Waals surface area (Å²) in [4.78, 5) is 12.1. The van der Waals surface area contributed by atoms with Gasteiger partial charge in [0.15, 0.2) is 9.84 Å². The van der Waals surface area contributed by atoms with Crippen LogP contribution in [0.1, 0.15) is 10.4 Å². The summed E-state index contributed by atoms with van der Waals surface area (Å²) in [5.41, 5.74) is 6.57. The van der Waals surface area contributed by atoms with Gasteiger partial charge in [0.05, 0.1) is 4.90 Å². The summed E-state index contributed by atoms with van der Waals surface area (Å²) in [6.45, 7) is 0. The summed E-state index contributed by atoms with van der Waals surface area (Å²) in [5.74, 6) is -0.450. The van der Waals surface area contributed by atoms with Crippen molar-refractivity contribution in [2.75, 3.05) is 17.3 Å². The maximum absolute atomic E-state index is 12.1. The van der Waals surface area contributed by atoms with E-state index < -0.39 is 15.7 Å². The highest BCUT2D eigenvalue weighted by atomic mass is 35.5. The van der Waals surface area contributed by atoms with Gasteiger partial charge in [-0.1, -0.05) is 11.6 Å². The van der Waals surface area contributed by atoms with E-state index in [4.69, 9.17) is 17.3 Å². The number of nitrogens with two attached hydrogens (primary N) is 1. The topological polar surface area (TPSA) is 89.3 Å². The number of hydrogen-bond donors (Lipinski definition) is 2. The SMILES string of the molecule is CS(=O)(=O)c1cc(N)cc(C(=O)Nc2ccc(Cl)cc2)c1. The number of sulfone groups is 1. The highest BCUT2D eigenvalue weighted by Crippen LogP contribution is 2.19. The van der Waals surface area contributed by atoms with Crippen LogP contribution < -0.4 is 11.1 Å². The van der Waals surface area contributed by atoms with E-state index in [-0.39, 0.29) is 16.1 Å². The standard InChI is InChI=1S/C14H13ClN2O3S/c1-21(19,20)13-7-9(6-11(16)8-13)14(18)17-12-4-2-10(15)3-5-12/h2-8H,16H2,1H3,(H,17,18). The van der Waals surface area contributed by atoms with Gasteiger partial charge in [-0.25, -0.2) is 8.42 Å². The lowest BCUT2D eigenvalue weighted by atomic mass is 10.2. The van der Waals surface area contributed by atoms with Crippen LogP contribution in [0, 0.1) is 0 Å². The van der Waals surface area contributed by atoms with Crippen molar-refractivity contribution in [1.29, 1.82) is 0 Å². The third-order valence-electron chi connectivity index (χ3n) is 2.72. The lowest BCUT2D eigenvalue weighted by molar-refractivity contribution is 0.102. The minimum Gasteiger partial charge on any atom is -0.399 e. The van der Waals surface area contributed by atoms with E-state index in [0.717, 1.165) is 6.26 Å². The fourth-order valence-electron chi connectivity index (χ4n) is 1.70. The molecule has 3 N–H and O–H groups in total. The Kier molecular flexibility index (Phi) is 4.20. The Bertz CT molecular complexity index is 786. The molecular weight excluding hydrogens is 312 g/mol. The summed E-state index contributed by atoms with van der Waals surface area (Å²) in [6.07, 6.45) is 1.06. The van der Waals surface area contributed by atoms with Gasteiger partial charge in [-0.15, -0.1) is 0 Å². The predicted octanol–water partition coefficient (Wildman–Crippen LogP) is 2.58. The molecule has 0 fully saturated rings. The highest BCUT2D eigenvalue weighted by Gasteiger charge is 2.13. The molecule has 7 heteroatoms. The molecule has 0 unspecified atom stereocenters. The minimum atomic E-state index is -3.44. The zero-order valence-electron chi connectivity index (χ0n) is 11.1. The molecule has 0 spiro atoms. The summed E-state index contributed by atoms with van der Waals surface area (Å²) < 4.78 is 23.1. The van der Waals surface area contributed by atoms with Crippen LogP contribution >= 0.6 is 11.6 Å². The minimum absolute atomic E-state index is 0.00348. The third kappa shape index (κ3) is 3.96. The van der Waals surface area contributed by atoms with Crippen molar-refractivity contribution in [2.24, 2.45) is 0 Å². The Morgan fingerprint density at radius 2 is 1.76 bits per heavy atom. The first-order valence-electron chi connectivity index (χ1n) is 5.93. The first-order chi connectivity index (χ1) is 9.75. The molecule has 0 aromatic heterocycles. The van der Waals surface area contributed by atoms with Crippen molar-refractivity contribution in [3.05, 3.63) is 53.1 Å². The second-order valence-electron chi connectivity index (χ2n) is 4.52. The van der Waals surface area contributed by atoms with Gasteiger partial charge in [-0.2, -0.15) is 0 Å². The fraction of sp³-hybridized carbons (Fsp3) is 0.0714. The first kappa shape index (κ1) is 15.3. The van der Waals surface area contributed by atoms with E-state index in [1.165, 1.54) is 18.2 Å². The molecule has 0 heterocycles. The molecular formula is C14H13ClN2O3S. The normalized spacial score (nSPS) is 11.1. The lowest BCUT2D eigenvalue weighted by Gasteiger charge is -2.08. The van der Waals surface area contributed by atoms with E-state index in [9.17, 15) is 13.2 Å². The maximum atomic E-state index is 12.1. The van der Waals surface area contributed by atoms with Crippen LogP contribution in [0.25, 0.3) is 0 Å². The Morgan fingerprint density at radius 1 is 1.14 bits per heavy atom. The van der Waals surface area contributed by atoms with E-state index >= 15 is 0 Å². The molecule has 0 saturated heterocycles. The third-order valence-corrected chi connectivity index (χ3v) is 4.07. The Labute approximate surface area is 127 Å². The molecule has 110 valence electrons. The smallest absolute Gasteiger partial charge is 0.255 e. The fourth-order valence-corrected chi connectivity index (χ4v) is 2.52. The van der Waals surface area contributed by atoms with Gasteiger partial charge in [0.1, 0.15) is 0 Å². The summed E-state index contributed by atoms with van der Waals surface area (Å²) in [6, 6.07) is 10.6. The number of halogens is 1. The van der Waals surface area contributed by atoms with Crippen LogP contribution in [-0.2, 0) is 9.84 Å². The number of carbonyl (C=O) groups excluding carboxylic acids is 1. The number of rotatable bonds is 3. The van der Waals surface area contributed by atoms with Gasteiger partial charge in [-0.05, 0) is 42.5 Å². The molecule has 0 aliphatic carbocycles. The number of nitrogen functional groups attached to an aromatic ring is 1. The van der Waals surface area contributed by atoms with Crippen LogP contribution in [0.3, 0.4) is 0 Å². The van der Waals surface area contributed by atoms with Gasteiger partial charge >= 0.3 is 0 Å². The van der Waals surface area contributed by atoms with Crippen molar-refractivity contribution in [2.45, 2.75) is 4.90 Å².